The summed E-state index contributed by atoms with van der Waals surface area (Å²) in [4.78, 5) is 28.5. The van der Waals surface area contributed by atoms with Crippen molar-refractivity contribution in [2.24, 2.45) is 39.9 Å². The van der Waals surface area contributed by atoms with Gasteiger partial charge in [0.25, 0.3) is 0 Å². The highest BCUT2D eigenvalue weighted by molar-refractivity contribution is 6.09. The minimum absolute atomic E-state index is 0.146. The van der Waals surface area contributed by atoms with Gasteiger partial charge >= 0.3 is 0 Å². The monoisotopic (exact) mass is 1450 g/mol. The molecule has 0 amide bonds. The van der Waals surface area contributed by atoms with Crippen molar-refractivity contribution in [3.8, 4) is 0 Å². The lowest BCUT2D eigenvalue weighted by Gasteiger charge is -2.62. The third-order valence-corrected chi connectivity index (χ3v) is 29.0. The maximum Gasteiger partial charge on any atom is 0.227 e. The summed E-state index contributed by atoms with van der Waals surface area (Å²) in [6.07, 6.45) is 22.1. The van der Waals surface area contributed by atoms with Gasteiger partial charge in [0.1, 0.15) is 6.17 Å². The third-order valence-electron chi connectivity index (χ3n) is 29.0. The number of nitrogens with zero attached hydrogens (tertiary/aromatic N) is 9. The second kappa shape index (κ2) is 28.8. The van der Waals surface area contributed by atoms with Crippen molar-refractivity contribution < 1.29 is 5.79 Å². The summed E-state index contributed by atoms with van der Waals surface area (Å²) in [5, 5.41) is 2.02. The van der Waals surface area contributed by atoms with Gasteiger partial charge < -0.3 is 28.9 Å². The maximum atomic E-state index is 8.67. The fourth-order valence-corrected chi connectivity index (χ4v) is 24.2. The van der Waals surface area contributed by atoms with Gasteiger partial charge in [-0.05, 0) is 312 Å². The zero-order chi connectivity index (χ0) is 78.0. The number of anilines is 8. The van der Waals surface area contributed by atoms with Crippen molar-refractivity contribution in [2.75, 3.05) is 29.4 Å². The molecule has 5 unspecified atom stereocenters. The van der Waals surface area contributed by atoms with Crippen LogP contribution in [0, 0.1) is 81.5 Å². The Kier molecular flexibility index (Phi) is 20.1. The van der Waals surface area contributed by atoms with Crippen LogP contribution in [0.3, 0.4) is 0 Å². The molecule has 0 radical (unpaired) electrons. The van der Waals surface area contributed by atoms with E-state index in [-0.39, 0.29) is 28.2 Å². The molecule has 3 saturated heterocycles. The molecule has 108 heavy (non-hydrogen) atoms. The molecule has 0 N–H and O–H groups in total. The molecule has 5 aliphatic heterocycles. The predicted octanol–water partition coefficient (Wildman–Crippen LogP) is 25.4. The summed E-state index contributed by atoms with van der Waals surface area (Å²) in [6.45, 7) is 52.6. The molecular weight excluding hydrogens is 1320 g/mol. The molecule has 8 fully saturated rings. The van der Waals surface area contributed by atoms with Gasteiger partial charge in [0.2, 0.25) is 5.71 Å². The maximum absolute atomic E-state index is 8.67. The molecule has 574 valence electrons. The van der Waals surface area contributed by atoms with Crippen molar-refractivity contribution in [2.45, 2.75) is 301 Å². The number of rotatable bonds is 6. The van der Waals surface area contributed by atoms with E-state index in [9.17, 15) is 0 Å². The summed E-state index contributed by atoms with van der Waals surface area (Å²) in [6, 6.07) is 54.0. The molecule has 8 heterocycles. The average molecular weight is 1450 g/mol. The zero-order valence-electron chi connectivity index (χ0n) is 71.3. The number of pyridine rings is 1. The molecule has 6 aromatic carbocycles. The number of aryl methyl sites for hydroxylation is 6. The quantitative estimate of drug-likeness (QED) is 0.161. The van der Waals surface area contributed by atoms with Crippen LogP contribution in [-0.2, 0) is 5.41 Å². The Hall–Kier alpha value is -7.85. The minimum atomic E-state index is -0.854. The Bertz CT molecular complexity index is 4750. The molecule has 10 aliphatic rings. The minimum Gasteiger partial charge on any atom is -0.435 e. The molecule has 3 aromatic heterocycles. The molecule has 5 aliphatic carbocycles. The van der Waals surface area contributed by atoms with Gasteiger partial charge in [0.15, 0.2) is 17.2 Å². The number of hydrogen-bond donors (Lipinski definition) is 0. The van der Waals surface area contributed by atoms with Crippen LogP contribution < -0.4 is 29.4 Å². The summed E-state index contributed by atoms with van der Waals surface area (Å²) in [5.74, 6) is 5.58. The highest BCUT2D eigenvalue weighted by atomic mass is 16.3. The summed E-state index contributed by atoms with van der Waals surface area (Å²) >= 11 is 0. The fourth-order valence-electron chi connectivity index (χ4n) is 24.2. The Morgan fingerprint density at radius 1 is 0.444 bits per heavy atom. The molecule has 4 bridgehead atoms. The van der Waals surface area contributed by atoms with Gasteiger partial charge in [0.05, 0.1) is 7.06 Å². The number of furan rings is 1. The molecule has 10 nitrogen and oxygen atoms in total. The van der Waals surface area contributed by atoms with Crippen molar-refractivity contribution >= 4 is 67.8 Å². The number of para-hydroxylation sites is 5. The van der Waals surface area contributed by atoms with Crippen LogP contribution >= 0.6 is 0 Å². The standard InChI is InChI=1S/C23H33N.C22H23N5O.C19H29N.C18H21N.C16H25N/c1-15-7-5-6-8-21(15)24-16(2)23(14-22(24,3)4)19-10-17-9-18(12-19)13-20(23)11-17;1-12(2)26-15(5)27(21-20(26)23-10-11-24-21)18-13(3)6-8-16-17-9-7-14(4)25-22(17)28-19(16)18;1-15-10-6-7-11-17(15)20-16(2)19(14-18(20,3)4)12-8-5-9-13-19;1-13-9-5-7-11-16(13)19-14(2)18(3,4)15-10-6-8-12-17(15)19;1-12-9-7-8-10-14(12)17-13(2)15(3,4)11-16(17,5)6/h5-8,16-20H,9-14H2,1-4H3;6-12,15H,1-5H3;6-7,10-11,16H,5,8-9,12-14H2,1-4H3;5-12,14H,1-4H3;7-10,13H,11H2,1-6H3/i;12D;;;. The normalized spacial score (nSPS) is 27.5. The SMILES string of the molecule is Cc1ccccc1N1C(C)C(C)(C)CC1(C)C.Cc1ccccc1N1C(C)C2(CC1(C)C)C1CC3CC(C1)CC2C3.Cc1ccccc1N1C(C)C2(CCCCC2)CC1(C)C.Cc1ccccc1N1c2ccccc2C(C)(C)C1C.[2H]C(C)(C)N1c2nccnc2N(c2c(C)ccc3c2oc2nc(C)ccc23)C1C. The topological polar surface area (TPSA) is 71.2 Å². The largest absolute Gasteiger partial charge is 0.435 e. The first-order valence-electron chi connectivity index (χ1n) is 42.1. The molecule has 19 rings (SSSR count). The summed E-state index contributed by atoms with van der Waals surface area (Å²) < 4.78 is 14.9. The number of aromatic nitrogens is 3. The highest BCUT2D eigenvalue weighted by Gasteiger charge is 2.66. The van der Waals surface area contributed by atoms with E-state index in [1.165, 1.54) is 133 Å². The lowest BCUT2D eigenvalue weighted by molar-refractivity contribution is -0.113. The van der Waals surface area contributed by atoms with E-state index in [1.54, 1.807) is 18.8 Å². The van der Waals surface area contributed by atoms with Crippen molar-refractivity contribution in [1.29, 1.82) is 0 Å². The van der Waals surface area contributed by atoms with E-state index >= 15 is 0 Å². The Morgan fingerprint density at radius 3 is 1.43 bits per heavy atom. The lowest BCUT2D eigenvalue weighted by atomic mass is 9.43. The van der Waals surface area contributed by atoms with E-state index in [0.29, 0.717) is 51.9 Å². The van der Waals surface area contributed by atoms with Crippen LogP contribution in [-0.4, -0.2) is 67.9 Å². The molecular formula is C98H131N9O. The van der Waals surface area contributed by atoms with Gasteiger partial charge in [-0.1, -0.05) is 150 Å². The van der Waals surface area contributed by atoms with Crippen LogP contribution in [0.2, 0.25) is 0 Å². The molecule has 5 saturated carbocycles. The van der Waals surface area contributed by atoms with E-state index in [0.717, 1.165) is 62.8 Å². The first-order chi connectivity index (χ1) is 51.4. The second-order valence-corrected chi connectivity index (χ2v) is 38.4. The molecule has 9 aromatic rings. The van der Waals surface area contributed by atoms with Gasteiger partial charge in [-0.15, -0.1) is 0 Å². The lowest BCUT2D eigenvalue weighted by Crippen LogP contribution is -2.57. The molecule has 2 spiro atoms. The smallest absolute Gasteiger partial charge is 0.227 e. The first kappa shape index (κ1) is 75.6. The summed E-state index contributed by atoms with van der Waals surface area (Å²) in [5.41, 5.74) is 20.9. The third kappa shape index (κ3) is 13.3. The first-order valence-corrected chi connectivity index (χ1v) is 41.6. The molecule has 10 heteroatoms. The van der Waals surface area contributed by atoms with E-state index in [2.05, 4.69) is 317 Å². The number of fused-ring (bicyclic) bond motifs is 5. The van der Waals surface area contributed by atoms with Gasteiger partial charge in [-0.3, -0.25) is 4.90 Å². The van der Waals surface area contributed by atoms with Crippen molar-refractivity contribution in [3.63, 3.8) is 0 Å². The highest BCUT2D eigenvalue weighted by Crippen LogP contribution is 2.70. The van der Waals surface area contributed by atoms with Gasteiger partial charge in [0, 0.05) is 110 Å². The van der Waals surface area contributed by atoms with Gasteiger partial charge in [-0.25, -0.2) is 15.0 Å². The fraction of sp³-hybridized carbons (Fsp3) is 0.541. The van der Waals surface area contributed by atoms with E-state index < -0.39 is 6.02 Å². The van der Waals surface area contributed by atoms with E-state index in [1.807, 2.05) is 31.7 Å². The van der Waals surface area contributed by atoms with Crippen molar-refractivity contribution in [1.82, 2.24) is 15.0 Å². The van der Waals surface area contributed by atoms with Crippen molar-refractivity contribution in [3.05, 3.63) is 197 Å². The van der Waals surface area contributed by atoms with Crippen LogP contribution in [0.4, 0.5) is 45.8 Å². The Morgan fingerprint density at radius 2 is 0.907 bits per heavy atom. The van der Waals surface area contributed by atoms with Crippen LogP contribution in [0.5, 0.6) is 0 Å². The second-order valence-electron chi connectivity index (χ2n) is 38.4. The zero-order valence-corrected chi connectivity index (χ0v) is 70.3. The Balaban J connectivity index is 0.000000115. The van der Waals surface area contributed by atoms with Gasteiger partial charge in [-0.2, -0.15) is 0 Å². The number of hydrogen-bond acceptors (Lipinski definition) is 10. The van der Waals surface area contributed by atoms with Crippen LogP contribution in [0.1, 0.15) is 242 Å². The predicted molar refractivity (Wildman–Crippen MR) is 459 cm³/mol. The van der Waals surface area contributed by atoms with Crippen LogP contribution in [0.25, 0.3) is 22.1 Å². The number of benzene rings is 6. The van der Waals surface area contributed by atoms with Crippen LogP contribution in [0.15, 0.2) is 162 Å². The molecule has 5 atom stereocenters. The van der Waals surface area contributed by atoms with E-state index in [4.69, 9.17) is 5.79 Å². The summed E-state index contributed by atoms with van der Waals surface area (Å²) in [7, 11) is 0. The Labute approximate surface area is 652 Å². The average Bonchev–Trinajstić information content (AvgIpc) is 1.59.